The van der Waals surface area contributed by atoms with E-state index >= 15 is 0 Å². The maximum atomic E-state index is 12.8. The van der Waals surface area contributed by atoms with Crippen molar-refractivity contribution < 1.29 is 13.2 Å². The number of hydrogen-bond donors (Lipinski definition) is 0. The van der Waals surface area contributed by atoms with Crippen LogP contribution in [0.3, 0.4) is 0 Å². The van der Waals surface area contributed by atoms with Crippen molar-refractivity contribution in [2.24, 2.45) is 0 Å². The van der Waals surface area contributed by atoms with E-state index in [-0.39, 0.29) is 17.3 Å². The smallest absolute Gasteiger partial charge is 0.243 e. The Morgan fingerprint density at radius 3 is 2.42 bits per heavy atom. The number of likely N-dealkylation sites (N-methyl/N-ethyl adjacent to an activating group) is 2. The van der Waals surface area contributed by atoms with Crippen LogP contribution in [0.2, 0.25) is 0 Å². The number of nitrogens with zero attached hydrogens (tertiary/aromatic N) is 2. The van der Waals surface area contributed by atoms with E-state index in [0.717, 1.165) is 20.0 Å². The van der Waals surface area contributed by atoms with Crippen LogP contribution in [0.15, 0.2) is 64.9 Å². The molecule has 136 valence electrons. The van der Waals surface area contributed by atoms with Gasteiger partial charge in [-0.3, -0.25) is 4.79 Å². The minimum Gasteiger partial charge on any atom is -0.339 e. The first-order valence-electron chi connectivity index (χ1n) is 8.09. The van der Waals surface area contributed by atoms with E-state index in [1.165, 1.54) is 11.9 Å². The Morgan fingerprint density at radius 2 is 1.73 bits per heavy atom. The van der Waals surface area contributed by atoms with Crippen LogP contribution in [-0.4, -0.2) is 44.2 Å². The second kappa shape index (κ2) is 7.57. The third kappa shape index (κ3) is 3.95. The summed E-state index contributed by atoms with van der Waals surface area (Å²) in [5.41, 5.74) is 0. The van der Waals surface area contributed by atoms with Crippen LogP contribution in [0, 0.1) is 0 Å². The molecule has 0 N–H and O–H groups in total. The molecule has 0 spiro atoms. The SMILES string of the molecule is CN(Cc1cccs1)C(=O)CN(C)S(=O)(=O)c1ccc2ccccc2c1. The summed E-state index contributed by atoms with van der Waals surface area (Å²) in [5.74, 6) is -0.245. The largest absolute Gasteiger partial charge is 0.339 e. The monoisotopic (exact) mass is 388 g/mol. The van der Waals surface area contributed by atoms with E-state index in [9.17, 15) is 13.2 Å². The first kappa shape index (κ1) is 18.6. The molecular formula is C19H20N2O3S2. The Bertz CT molecular complexity index is 1010. The standard InChI is InChI=1S/C19H20N2O3S2/c1-20(13-17-8-5-11-25-17)19(22)14-21(2)26(23,24)18-10-9-15-6-3-4-7-16(15)12-18/h3-12H,13-14H2,1-2H3. The molecule has 3 rings (SSSR count). The zero-order valence-corrected chi connectivity index (χ0v) is 16.3. The topological polar surface area (TPSA) is 57.7 Å². The molecule has 0 saturated carbocycles. The fourth-order valence-corrected chi connectivity index (χ4v) is 4.54. The number of benzene rings is 2. The van der Waals surface area contributed by atoms with Gasteiger partial charge in [0.25, 0.3) is 0 Å². The molecule has 0 aliphatic heterocycles. The summed E-state index contributed by atoms with van der Waals surface area (Å²) < 4.78 is 26.7. The summed E-state index contributed by atoms with van der Waals surface area (Å²) in [5, 5.41) is 3.77. The van der Waals surface area contributed by atoms with E-state index in [4.69, 9.17) is 0 Å². The minimum atomic E-state index is -3.73. The first-order valence-corrected chi connectivity index (χ1v) is 10.4. The van der Waals surface area contributed by atoms with Gasteiger partial charge in [-0.1, -0.05) is 36.4 Å². The molecule has 26 heavy (non-hydrogen) atoms. The lowest BCUT2D eigenvalue weighted by Crippen LogP contribution is -2.39. The molecule has 0 radical (unpaired) electrons. The van der Waals surface area contributed by atoms with Gasteiger partial charge in [-0.15, -0.1) is 11.3 Å². The Kier molecular flexibility index (Phi) is 5.41. The highest BCUT2D eigenvalue weighted by molar-refractivity contribution is 7.89. The van der Waals surface area contributed by atoms with Gasteiger partial charge in [0.15, 0.2) is 0 Å². The van der Waals surface area contributed by atoms with Crippen LogP contribution in [-0.2, 0) is 21.4 Å². The fraction of sp³-hybridized carbons (Fsp3) is 0.211. The zero-order chi connectivity index (χ0) is 18.7. The first-order chi connectivity index (χ1) is 12.4. The number of sulfonamides is 1. The molecular weight excluding hydrogens is 368 g/mol. The summed E-state index contributed by atoms with van der Waals surface area (Å²) in [6.45, 7) is 0.275. The van der Waals surface area contributed by atoms with Crippen LogP contribution >= 0.6 is 11.3 Å². The van der Waals surface area contributed by atoms with Gasteiger partial charge >= 0.3 is 0 Å². The molecule has 1 aromatic heterocycles. The van der Waals surface area contributed by atoms with E-state index < -0.39 is 10.0 Å². The van der Waals surface area contributed by atoms with Crippen LogP contribution < -0.4 is 0 Å². The van der Waals surface area contributed by atoms with E-state index in [2.05, 4.69) is 0 Å². The van der Waals surface area contributed by atoms with Crippen molar-refractivity contribution in [1.29, 1.82) is 0 Å². The maximum Gasteiger partial charge on any atom is 0.243 e. The predicted octanol–water partition coefficient (Wildman–Crippen LogP) is 3.18. The molecule has 7 heteroatoms. The Labute approximate surface area is 157 Å². The van der Waals surface area contributed by atoms with Gasteiger partial charge < -0.3 is 4.90 Å². The molecule has 0 saturated heterocycles. The molecule has 0 fully saturated rings. The van der Waals surface area contributed by atoms with Crippen LogP contribution in [0.25, 0.3) is 10.8 Å². The number of thiophene rings is 1. The van der Waals surface area contributed by atoms with Crippen molar-refractivity contribution >= 4 is 38.0 Å². The molecule has 0 bridgehead atoms. The Balaban J connectivity index is 1.74. The third-order valence-electron chi connectivity index (χ3n) is 4.19. The number of hydrogen-bond acceptors (Lipinski definition) is 4. The number of amides is 1. The summed E-state index contributed by atoms with van der Waals surface area (Å²) in [7, 11) is -0.622. The van der Waals surface area contributed by atoms with Gasteiger partial charge in [0.2, 0.25) is 15.9 Å². The van der Waals surface area contributed by atoms with Crippen LogP contribution in [0.1, 0.15) is 4.88 Å². The molecule has 5 nitrogen and oxygen atoms in total. The molecule has 1 amide bonds. The van der Waals surface area contributed by atoms with Crippen LogP contribution in [0.5, 0.6) is 0 Å². The second-order valence-corrected chi connectivity index (χ2v) is 9.18. The summed E-state index contributed by atoms with van der Waals surface area (Å²) in [6.07, 6.45) is 0. The van der Waals surface area contributed by atoms with Crippen molar-refractivity contribution in [2.75, 3.05) is 20.6 Å². The molecule has 0 unspecified atom stereocenters. The minimum absolute atomic E-state index is 0.187. The molecule has 3 aromatic rings. The van der Waals surface area contributed by atoms with Gasteiger partial charge in [0.05, 0.1) is 18.0 Å². The number of carbonyl (C=O) groups is 1. The Hall–Kier alpha value is -2.22. The lowest BCUT2D eigenvalue weighted by Gasteiger charge is -2.21. The molecule has 0 aliphatic rings. The summed E-state index contributed by atoms with van der Waals surface area (Å²) in [4.78, 5) is 15.2. The van der Waals surface area contributed by atoms with E-state index in [0.29, 0.717) is 6.54 Å². The summed E-state index contributed by atoms with van der Waals surface area (Å²) >= 11 is 1.57. The van der Waals surface area contributed by atoms with Crippen molar-refractivity contribution in [3.05, 3.63) is 64.9 Å². The van der Waals surface area contributed by atoms with Crippen LogP contribution in [0.4, 0.5) is 0 Å². The highest BCUT2D eigenvalue weighted by Crippen LogP contribution is 2.21. The second-order valence-electron chi connectivity index (χ2n) is 6.10. The van der Waals surface area contributed by atoms with Gasteiger partial charge in [0, 0.05) is 19.0 Å². The predicted molar refractivity (Wildman–Crippen MR) is 105 cm³/mol. The number of carbonyl (C=O) groups excluding carboxylic acids is 1. The molecule has 0 atom stereocenters. The Morgan fingerprint density at radius 1 is 1.00 bits per heavy atom. The average Bonchev–Trinajstić information content (AvgIpc) is 3.14. The van der Waals surface area contributed by atoms with Gasteiger partial charge in [-0.05, 0) is 34.4 Å². The number of fused-ring (bicyclic) bond motifs is 1. The highest BCUT2D eigenvalue weighted by Gasteiger charge is 2.24. The summed E-state index contributed by atoms with van der Waals surface area (Å²) in [6, 6.07) is 16.4. The van der Waals surface area contributed by atoms with Gasteiger partial charge in [0.1, 0.15) is 0 Å². The highest BCUT2D eigenvalue weighted by atomic mass is 32.2. The van der Waals surface area contributed by atoms with Gasteiger partial charge in [-0.25, -0.2) is 8.42 Å². The van der Waals surface area contributed by atoms with Crippen molar-refractivity contribution in [2.45, 2.75) is 11.4 Å². The quantitative estimate of drug-likeness (QED) is 0.652. The zero-order valence-electron chi connectivity index (χ0n) is 14.6. The van der Waals surface area contributed by atoms with Crippen molar-refractivity contribution in [3.8, 4) is 0 Å². The number of rotatable bonds is 6. The normalized spacial score (nSPS) is 11.8. The van der Waals surface area contributed by atoms with Crippen molar-refractivity contribution in [1.82, 2.24) is 9.21 Å². The van der Waals surface area contributed by atoms with E-state index in [1.54, 1.807) is 36.6 Å². The molecule has 0 aliphatic carbocycles. The van der Waals surface area contributed by atoms with Gasteiger partial charge in [-0.2, -0.15) is 4.31 Å². The fourth-order valence-electron chi connectivity index (χ4n) is 2.63. The molecule has 2 aromatic carbocycles. The lowest BCUT2D eigenvalue weighted by atomic mass is 10.1. The van der Waals surface area contributed by atoms with Crippen molar-refractivity contribution in [3.63, 3.8) is 0 Å². The molecule has 1 heterocycles. The maximum absolute atomic E-state index is 12.8. The lowest BCUT2D eigenvalue weighted by molar-refractivity contribution is -0.130. The third-order valence-corrected chi connectivity index (χ3v) is 6.85. The average molecular weight is 389 g/mol. The van der Waals surface area contributed by atoms with E-state index in [1.807, 2.05) is 41.8 Å².